The van der Waals surface area contributed by atoms with E-state index in [0.717, 1.165) is 0 Å². The molecule has 2 aromatic rings. The first-order chi connectivity index (χ1) is 12.0. The van der Waals surface area contributed by atoms with E-state index in [9.17, 15) is 22.9 Å². The number of rotatable bonds is 7. The van der Waals surface area contributed by atoms with E-state index in [2.05, 4.69) is 4.72 Å². The molecule has 0 aliphatic rings. The van der Waals surface area contributed by atoms with Crippen LogP contribution in [0, 0.1) is 10.1 Å². The molecule has 0 aliphatic carbocycles. The van der Waals surface area contributed by atoms with Crippen molar-refractivity contribution in [1.82, 2.24) is 4.72 Å². The molecule has 1 unspecified atom stereocenters. The number of nitro groups is 1. The van der Waals surface area contributed by atoms with Gasteiger partial charge in [0.25, 0.3) is 5.69 Å². The predicted octanol–water partition coefficient (Wildman–Crippen LogP) is 3.77. The molecule has 0 fully saturated rings. The van der Waals surface area contributed by atoms with Crippen LogP contribution in [0.3, 0.4) is 0 Å². The molecule has 0 aromatic heterocycles. The normalized spacial score (nSPS) is 14.2. The summed E-state index contributed by atoms with van der Waals surface area (Å²) in [6.07, 6.45) is 0. The van der Waals surface area contributed by atoms with Gasteiger partial charge in [-0.1, -0.05) is 36.4 Å². The maximum Gasteiger partial charge on any atom is 0.270 e. The van der Waals surface area contributed by atoms with Gasteiger partial charge in [0.15, 0.2) is 0 Å². The van der Waals surface area contributed by atoms with Crippen LogP contribution in [-0.2, 0) is 15.7 Å². The summed E-state index contributed by atoms with van der Waals surface area (Å²) in [5.41, 5.74) is -0.241. The van der Waals surface area contributed by atoms with Crippen molar-refractivity contribution >= 4 is 15.7 Å². The summed E-state index contributed by atoms with van der Waals surface area (Å²) < 4.78 is 40.8. The zero-order chi connectivity index (χ0) is 19.5. The molecule has 0 saturated carbocycles. The molecule has 140 valence electrons. The lowest BCUT2D eigenvalue weighted by Gasteiger charge is -2.22. The fourth-order valence-corrected chi connectivity index (χ4v) is 3.12. The number of nitrogens with zero attached hydrogens (tertiary/aromatic N) is 1. The predicted molar refractivity (Wildman–Crippen MR) is 99.1 cm³/mol. The number of sulfonamides is 1. The Bertz CT molecular complexity index is 894. The summed E-state index contributed by atoms with van der Waals surface area (Å²) in [6.45, 7) is 3.97. The second kappa shape index (κ2) is 7.51. The monoisotopic (exact) mass is 380 g/mol. The average molecular weight is 380 g/mol. The summed E-state index contributed by atoms with van der Waals surface area (Å²) in [4.78, 5) is 10.4. The maximum atomic E-state index is 14.9. The molecule has 0 aliphatic heterocycles. The van der Waals surface area contributed by atoms with Gasteiger partial charge < -0.3 is 0 Å². The first-order valence-electron chi connectivity index (χ1n) is 8.06. The molecule has 2 rings (SSSR count). The average Bonchev–Trinajstić information content (AvgIpc) is 2.60. The minimum atomic E-state index is -3.56. The van der Waals surface area contributed by atoms with E-state index in [1.807, 2.05) is 0 Å². The van der Waals surface area contributed by atoms with Crippen molar-refractivity contribution in [2.45, 2.75) is 31.7 Å². The highest BCUT2D eigenvalue weighted by atomic mass is 32.2. The van der Waals surface area contributed by atoms with Gasteiger partial charge in [-0.15, -0.1) is 0 Å². The van der Waals surface area contributed by atoms with Crippen LogP contribution >= 0.6 is 0 Å². The van der Waals surface area contributed by atoms with Gasteiger partial charge in [-0.3, -0.25) is 10.1 Å². The molecule has 0 heterocycles. The molecule has 0 amide bonds. The highest BCUT2D eigenvalue weighted by molar-refractivity contribution is 7.90. The van der Waals surface area contributed by atoms with Crippen LogP contribution in [0.5, 0.6) is 0 Å². The van der Waals surface area contributed by atoms with Crippen molar-refractivity contribution < 1.29 is 17.7 Å². The largest absolute Gasteiger partial charge is 0.270 e. The van der Waals surface area contributed by atoms with Crippen LogP contribution in [0.2, 0.25) is 0 Å². The van der Waals surface area contributed by atoms with Gasteiger partial charge in [-0.25, -0.2) is 17.5 Å². The second-order valence-electron chi connectivity index (χ2n) is 6.50. The minimum absolute atomic E-state index is 0.0231. The highest BCUT2D eigenvalue weighted by Gasteiger charge is 2.29. The van der Waals surface area contributed by atoms with Crippen LogP contribution in [0.4, 0.5) is 10.1 Å². The van der Waals surface area contributed by atoms with Gasteiger partial charge in [0.2, 0.25) is 10.0 Å². The molecular formula is C18H21FN2O4S. The Balaban J connectivity index is 2.20. The van der Waals surface area contributed by atoms with E-state index in [-0.39, 0.29) is 12.2 Å². The van der Waals surface area contributed by atoms with Gasteiger partial charge in [-0.05, 0) is 37.5 Å². The number of nitro benzene ring substituents is 1. The zero-order valence-electron chi connectivity index (χ0n) is 14.8. The van der Waals surface area contributed by atoms with Crippen molar-refractivity contribution in [3.05, 3.63) is 64.2 Å². The molecule has 8 heteroatoms. The Morgan fingerprint density at radius 2 is 1.77 bits per heavy atom. The SMILES string of the molecule is CC(C)S(=O)(=O)NCC(C)(F)c1ccc(-c2cccc([N+](=O)[O-])c2)cc1. The summed E-state index contributed by atoms with van der Waals surface area (Å²) in [7, 11) is -3.56. The van der Waals surface area contributed by atoms with Gasteiger partial charge >= 0.3 is 0 Å². The van der Waals surface area contributed by atoms with E-state index in [1.165, 1.54) is 32.9 Å². The van der Waals surface area contributed by atoms with Gasteiger partial charge in [-0.2, -0.15) is 0 Å². The molecule has 0 spiro atoms. The van der Waals surface area contributed by atoms with Gasteiger partial charge in [0.1, 0.15) is 5.67 Å². The number of hydrogen-bond donors (Lipinski definition) is 1. The molecule has 0 bridgehead atoms. The lowest BCUT2D eigenvalue weighted by molar-refractivity contribution is -0.384. The number of benzene rings is 2. The lowest BCUT2D eigenvalue weighted by Crippen LogP contribution is -2.39. The third-order valence-corrected chi connectivity index (χ3v) is 5.89. The molecule has 2 aromatic carbocycles. The quantitative estimate of drug-likeness (QED) is 0.585. The van der Waals surface area contributed by atoms with Gasteiger partial charge in [0.05, 0.1) is 10.2 Å². The van der Waals surface area contributed by atoms with E-state index in [4.69, 9.17) is 0 Å². The van der Waals surface area contributed by atoms with Crippen molar-refractivity contribution in [1.29, 1.82) is 0 Å². The Hall–Kier alpha value is -2.32. The molecule has 0 radical (unpaired) electrons. The van der Waals surface area contributed by atoms with Crippen LogP contribution in [0.25, 0.3) is 11.1 Å². The number of non-ortho nitro benzene ring substituents is 1. The minimum Gasteiger partial charge on any atom is -0.258 e. The highest BCUT2D eigenvalue weighted by Crippen LogP contribution is 2.29. The molecule has 1 N–H and O–H groups in total. The molecule has 26 heavy (non-hydrogen) atoms. The third kappa shape index (κ3) is 4.64. The van der Waals surface area contributed by atoms with E-state index >= 15 is 0 Å². The third-order valence-electron chi connectivity index (χ3n) is 4.10. The Labute approximate surface area is 152 Å². The van der Waals surface area contributed by atoms with Crippen molar-refractivity contribution in [3.63, 3.8) is 0 Å². The number of halogens is 1. The van der Waals surface area contributed by atoms with E-state index in [1.54, 1.807) is 36.4 Å². The topological polar surface area (TPSA) is 89.3 Å². The number of alkyl halides is 1. The summed E-state index contributed by atoms with van der Waals surface area (Å²) in [5.74, 6) is 0. The number of nitrogens with one attached hydrogen (secondary N) is 1. The summed E-state index contributed by atoms with van der Waals surface area (Å²) >= 11 is 0. The first-order valence-corrected chi connectivity index (χ1v) is 9.60. The van der Waals surface area contributed by atoms with Crippen molar-refractivity contribution in [2.75, 3.05) is 6.54 Å². The second-order valence-corrected chi connectivity index (χ2v) is 8.82. The first kappa shape index (κ1) is 20.0. The molecule has 1 atom stereocenters. The fraction of sp³-hybridized carbons (Fsp3) is 0.333. The lowest BCUT2D eigenvalue weighted by atomic mass is 9.95. The smallest absolute Gasteiger partial charge is 0.258 e. The summed E-state index contributed by atoms with van der Waals surface area (Å²) in [5, 5.41) is 10.2. The van der Waals surface area contributed by atoms with Crippen molar-refractivity contribution in [2.24, 2.45) is 0 Å². The van der Waals surface area contributed by atoms with Crippen LogP contribution in [0.1, 0.15) is 26.3 Å². The molecule has 0 saturated heterocycles. The Morgan fingerprint density at radius 1 is 1.15 bits per heavy atom. The van der Waals surface area contributed by atoms with E-state index < -0.39 is 25.9 Å². The van der Waals surface area contributed by atoms with E-state index in [0.29, 0.717) is 16.7 Å². The van der Waals surface area contributed by atoms with Crippen molar-refractivity contribution in [3.8, 4) is 11.1 Å². The molecule has 6 nitrogen and oxygen atoms in total. The van der Waals surface area contributed by atoms with Crippen LogP contribution in [0.15, 0.2) is 48.5 Å². The standard InChI is InChI=1S/C18H21FN2O4S/c1-13(2)26(24,25)20-12-18(3,19)16-9-7-14(8-10-16)15-5-4-6-17(11-15)21(22)23/h4-11,13,20H,12H2,1-3H3. The zero-order valence-corrected chi connectivity index (χ0v) is 15.6. The van der Waals surface area contributed by atoms with Gasteiger partial charge in [0, 0.05) is 18.7 Å². The van der Waals surface area contributed by atoms with Crippen LogP contribution in [-0.4, -0.2) is 25.1 Å². The fourth-order valence-electron chi connectivity index (χ4n) is 2.31. The molecular weight excluding hydrogens is 359 g/mol. The van der Waals surface area contributed by atoms with Crippen LogP contribution < -0.4 is 4.72 Å². The number of hydrogen-bond acceptors (Lipinski definition) is 4. The Morgan fingerprint density at radius 3 is 2.31 bits per heavy atom. The maximum absolute atomic E-state index is 14.9. The summed E-state index contributed by atoms with van der Waals surface area (Å²) in [6, 6.07) is 12.6. The Kier molecular flexibility index (Phi) is 5.77.